The third-order valence-corrected chi connectivity index (χ3v) is 1.90. The van der Waals surface area contributed by atoms with Gasteiger partial charge in [-0.2, -0.15) is 0 Å². The summed E-state index contributed by atoms with van der Waals surface area (Å²) >= 11 is 0. The van der Waals surface area contributed by atoms with Crippen molar-refractivity contribution in [1.29, 1.82) is 0 Å². The molecule has 78 valence electrons. The van der Waals surface area contributed by atoms with Gasteiger partial charge in [0.15, 0.2) is 0 Å². The predicted molar refractivity (Wildman–Crippen MR) is 58.7 cm³/mol. The molecule has 4 heteroatoms. The Morgan fingerprint density at radius 1 is 1.31 bits per heavy atom. The number of nitrogens with zero attached hydrogens (tertiary/aromatic N) is 2. The number of carboxylic acids is 1. The minimum atomic E-state index is -0.943. The molecule has 1 heterocycles. The summed E-state index contributed by atoms with van der Waals surface area (Å²) in [6.07, 6.45) is 1.35. The second-order valence-corrected chi connectivity index (χ2v) is 3.12. The molecule has 1 aromatic carbocycles. The van der Waals surface area contributed by atoms with Gasteiger partial charge >= 0.3 is 5.97 Å². The largest absolute Gasteiger partial charge is 0.481 e. The molecule has 0 unspecified atom stereocenters. The van der Waals surface area contributed by atoms with Crippen molar-refractivity contribution in [1.82, 2.24) is 9.97 Å². The molecular formula is C12H8N2O2. The number of aromatic nitrogens is 2. The molecule has 0 saturated heterocycles. The molecule has 4 nitrogen and oxygen atoms in total. The second kappa shape index (κ2) is 4.41. The number of carbonyl (C=O) groups is 1. The lowest BCUT2D eigenvalue weighted by atomic mass is 10.3. The van der Waals surface area contributed by atoms with Crippen LogP contribution in [0, 0.1) is 11.8 Å². The Hall–Kier alpha value is -2.41. The van der Waals surface area contributed by atoms with Crippen LogP contribution < -0.4 is 0 Å². The number of hydrogen-bond acceptors (Lipinski definition) is 3. The zero-order chi connectivity index (χ0) is 11.4. The van der Waals surface area contributed by atoms with E-state index in [1.807, 2.05) is 24.3 Å². The highest BCUT2D eigenvalue weighted by Crippen LogP contribution is 2.07. The van der Waals surface area contributed by atoms with Crippen LogP contribution in [0.15, 0.2) is 30.5 Å². The van der Waals surface area contributed by atoms with Crippen molar-refractivity contribution in [2.24, 2.45) is 0 Å². The number of rotatable bonds is 1. The van der Waals surface area contributed by atoms with Crippen LogP contribution in [0.1, 0.15) is 12.1 Å². The van der Waals surface area contributed by atoms with Gasteiger partial charge in [-0.1, -0.05) is 18.1 Å². The van der Waals surface area contributed by atoms with Crippen molar-refractivity contribution in [3.63, 3.8) is 0 Å². The molecule has 0 amide bonds. The van der Waals surface area contributed by atoms with Crippen molar-refractivity contribution in [3.8, 4) is 11.8 Å². The zero-order valence-corrected chi connectivity index (χ0v) is 8.34. The second-order valence-electron chi connectivity index (χ2n) is 3.12. The molecular weight excluding hydrogens is 204 g/mol. The van der Waals surface area contributed by atoms with Gasteiger partial charge in [0, 0.05) is 0 Å². The predicted octanol–water partition coefficient (Wildman–Crippen LogP) is 1.46. The van der Waals surface area contributed by atoms with Gasteiger partial charge in [-0.3, -0.25) is 9.78 Å². The van der Waals surface area contributed by atoms with Gasteiger partial charge in [0.25, 0.3) is 0 Å². The van der Waals surface area contributed by atoms with Crippen molar-refractivity contribution in [3.05, 3.63) is 36.2 Å². The lowest BCUT2D eigenvalue weighted by Gasteiger charge is -1.95. The zero-order valence-electron chi connectivity index (χ0n) is 8.34. The van der Waals surface area contributed by atoms with Crippen molar-refractivity contribution >= 4 is 17.0 Å². The molecule has 2 aromatic rings. The van der Waals surface area contributed by atoms with Gasteiger partial charge in [-0.05, 0) is 18.1 Å². The number of aliphatic carboxylic acids is 1. The van der Waals surface area contributed by atoms with Crippen molar-refractivity contribution < 1.29 is 9.90 Å². The van der Waals surface area contributed by atoms with Crippen LogP contribution in [0.5, 0.6) is 0 Å². The first-order valence-corrected chi connectivity index (χ1v) is 4.68. The first-order valence-electron chi connectivity index (χ1n) is 4.68. The lowest BCUT2D eigenvalue weighted by Crippen LogP contribution is -1.91. The monoisotopic (exact) mass is 212 g/mol. The maximum absolute atomic E-state index is 10.3. The molecule has 0 fully saturated rings. The minimum Gasteiger partial charge on any atom is -0.481 e. The lowest BCUT2D eigenvalue weighted by molar-refractivity contribution is -0.135. The fourth-order valence-electron chi connectivity index (χ4n) is 1.23. The molecule has 0 spiro atoms. The van der Waals surface area contributed by atoms with Gasteiger partial charge in [0.2, 0.25) is 0 Å². The SMILES string of the molecule is O=C(O)CC#Cc1cnc2ccccc2n1. The van der Waals surface area contributed by atoms with Gasteiger partial charge in [0.1, 0.15) is 12.1 Å². The van der Waals surface area contributed by atoms with E-state index in [2.05, 4.69) is 21.8 Å². The summed E-state index contributed by atoms with van der Waals surface area (Å²) in [5.41, 5.74) is 2.04. The molecule has 2 rings (SSSR count). The molecule has 1 N–H and O–H groups in total. The Labute approximate surface area is 92.0 Å². The van der Waals surface area contributed by atoms with Gasteiger partial charge in [0.05, 0.1) is 17.2 Å². The highest BCUT2D eigenvalue weighted by atomic mass is 16.4. The Balaban J connectivity index is 2.31. The molecule has 0 atom stereocenters. The van der Waals surface area contributed by atoms with Crippen molar-refractivity contribution in [2.75, 3.05) is 0 Å². The Morgan fingerprint density at radius 2 is 2.06 bits per heavy atom. The van der Waals surface area contributed by atoms with E-state index in [4.69, 9.17) is 5.11 Å². The van der Waals surface area contributed by atoms with E-state index in [0.29, 0.717) is 5.69 Å². The summed E-state index contributed by atoms with van der Waals surface area (Å²) in [5.74, 6) is 4.23. The number of fused-ring (bicyclic) bond motifs is 1. The average molecular weight is 212 g/mol. The fraction of sp³-hybridized carbons (Fsp3) is 0.0833. The Bertz CT molecular complexity index is 596. The smallest absolute Gasteiger partial charge is 0.315 e. The maximum Gasteiger partial charge on any atom is 0.315 e. The highest BCUT2D eigenvalue weighted by Gasteiger charge is 1.96. The maximum atomic E-state index is 10.3. The van der Waals surface area contributed by atoms with E-state index in [9.17, 15) is 4.79 Å². The number of hydrogen-bond donors (Lipinski definition) is 1. The topological polar surface area (TPSA) is 63.1 Å². The van der Waals surface area contributed by atoms with E-state index < -0.39 is 5.97 Å². The molecule has 0 aliphatic heterocycles. The van der Waals surface area contributed by atoms with Crippen LogP contribution in [0.25, 0.3) is 11.0 Å². The quantitative estimate of drug-likeness (QED) is 0.727. The number of benzene rings is 1. The summed E-state index contributed by atoms with van der Waals surface area (Å²) in [5, 5.41) is 8.42. The van der Waals surface area contributed by atoms with E-state index in [1.54, 1.807) is 0 Å². The molecule has 0 aliphatic rings. The van der Waals surface area contributed by atoms with Crippen LogP contribution in [-0.2, 0) is 4.79 Å². The summed E-state index contributed by atoms with van der Waals surface area (Å²) in [6.45, 7) is 0. The molecule has 0 saturated carbocycles. The standard InChI is InChI=1S/C12H8N2O2/c15-12(16)7-3-4-9-8-13-10-5-1-2-6-11(10)14-9/h1-2,5-6,8H,7H2,(H,15,16). The van der Waals surface area contributed by atoms with Crippen molar-refractivity contribution in [2.45, 2.75) is 6.42 Å². The molecule has 0 bridgehead atoms. The number of carboxylic acid groups (broad SMARTS) is 1. The normalized spacial score (nSPS) is 9.50. The summed E-state index contributed by atoms with van der Waals surface area (Å²) < 4.78 is 0. The summed E-state index contributed by atoms with van der Waals surface area (Å²) in [6, 6.07) is 7.44. The average Bonchev–Trinajstić information content (AvgIpc) is 2.28. The van der Waals surface area contributed by atoms with Crippen LogP contribution in [0.4, 0.5) is 0 Å². The molecule has 16 heavy (non-hydrogen) atoms. The van der Waals surface area contributed by atoms with Crippen LogP contribution in [0.3, 0.4) is 0 Å². The van der Waals surface area contributed by atoms with E-state index in [0.717, 1.165) is 11.0 Å². The van der Waals surface area contributed by atoms with E-state index in [-0.39, 0.29) is 6.42 Å². The van der Waals surface area contributed by atoms with Gasteiger partial charge in [-0.25, -0.2) is 4.98 Å². The number of para-hydroxylation sites is 2. The van der Waals surface area contributed by atoms with E-state index >= 15 is 0 Å². The Morgan fingerprint density at radius 3 is 2.81 bits per heavy atom. The molecule has 0 radical (unpaired) electrons. The third-order valence-electron chi connectivity index (χ3n) is 1.90. The van der Waals surface area contributed by atoms with Crippen LogP contribution in [0.2, 0.25) is 0 Å². The van der Waals surface area contributed by atoms with Crippen LogP contribution >= 0.6 is 0 Å². The fourth-order valence-corrected chi connectivity index (χ4v) is 1.23. The first kappa shape index (κ1) is 10.1. The summed E-state index contributed by atoms with van der Waals surface area (Å²) in [7, 11) is 0. The molecule has 0 aliphatic carbocycles. The van der Waals surface area contributed by atoms with Gasteiger partial charge in [-0.15, -0.1) is 0 Å². The Kier molecular flexibility index (Phi) is 2.79. The third kappa shape index (κ3) is 2.34. The first-order chi connectivity index (χ1) is 7.75. The molecule has 1 aromatic heterocycles. The van der Waals surface area contributed by atoms with E-state index in [1.165, 1.54) is 6.20 Å². The summed E-state index contributed by atoms with van der Waals surface area (Å²) in [4.78, 5) is 18.7. The van der Waals surface area contributed by atoms with Gasteiger partial charge < -0.3 is 5.11 Å². The highest BCUT2D eigenvalue weighted by molar-refractivity contribution is 5.74. The minimum absolute atomic E-state index is 0.186. The van der Waals surface area contributed by atoms with Crippen LogP contribution in [-0.4, -0.2) is 21.0 Å².